The molecule has 0 spiro atoms. The monoisotopic (exact) mass is 398 g/mol. The number of hydrogen-bond acceptors (Lipinski definition) is 7. The van der Waals surface area contributed by atoms with Crippen LogP contribution in [0.25, 0.3) is 0 Å². The van der Waals surface area contributed by atoms with Crippen molar-refractivity contribution >= 4 is 11.8 Å². The van der Waals surface area contributed by atoms with Crippen LogP contribution in [0.5, 0.6) is 0 Å². The predicted molar refractivity (Wildman–Crippen MR) is 99.5 cm³/mol. The number of nitrogens with one attached hydrogen (secondary N) is 2. The summed E-state index contributed by atoms with van der Waals surface area (Å²) in [6, 6.07) is 0. The van der Waals surface area contributed by atoms with Gasteiger partial charge in [0.05, 0.1) is 25.0 Å². The van der Waals surface area contributed by atoms with Crippen molar-refractivity contribution in [1.82, 2.24) is 40.3 Å². The van der Waals surface area contributed by atoms with Gasteiger partial charge in [-0.15, -0.1) is 0 Å². The first-order chi connectivity index (χ1) is 14.0. The Labute approximate surface area is 166 Å². The molecule has 0 radical (unpaired) electrons. The molecule has 2 amide bonds. The van der Waals surface area contributed by atoms with Crippen molar-refractivity contribution in [3.8, 4) is 0 Å². The SMILES string of the molecule is CCc1noc(CNC(=O)c2n[nH]c3c2CCN(C(=O)Cn2cc(C)cn2)C3)n1. The fourth-order valence-electron chi connectivity index (χ4n) is 3.26. The molecule has 3 aromatic heterocycles. The molecule has 0 bridgehead atoms. The summed E-state index contributed by atoms with van der Waals surface area (Å²) < 4.78 is 6.70. The van der Waals surface area contributed by atoms with Crippen LogP contribution in [0, 0.1) is 6.92 Å². The Bertz CT molecular complexity index is 1030. The molecule has 0 aromatic carbocycles. The van der Waals surface area contributed by atoms with E-state index in [9.17, 15) is 9.59 Å². The Balaban J connectivity index is 1.37. The molecule has 0 atom stereocenters. The maximum absolute atomic E-state index is 12.5. The summed E-state index contributed by atoms with van der Waals surface area (Å²) in [5, 5.41) is 17.7. The molecule has 29 heavy (non-hydrogen) atoms. The third kappa shape index (κ3) is 4.03. The molecule has 11 nitrogen and oxygen atoms in total. The number of H-pyrrole nitrogens is 1. The molecule has 2 N–H and O–H groups in total. The molecule has 0 fully saturated rings. The quantitative estimate of drug-likeness (QED) is 0.613. The van der Waals surface area contributed by atoms with E-state index < -0.39 is 0 Å². The van der Waals surface area contributed by atoms with E-state index in [1.165, 1.54) is 0 Å². The molecule has 0 unspecified atom stereocenters. The zero-order valence-corrected chi connectivity index (χ0v) is 16.3. The van der Waals surface area contributed by atoms with Crippen LogP contribution < -0.4 is 5.32 Å². The first kappa shape index (κ1) is 18.8. The Morgan fingerprint density at radius 1 is 1.38 bits per heavy atom. The van der Waals surface area contributed by atoms with Crippen molar-refractivity contribution in [3.05, 3.63) is 46.6 Å². The maximum Gasteiger partial charge on any atom is 0.272 e. The fourth-order valence-corrected chi connectivity index (χ4v) is 3.26. The molecule has 152 valence electrons. The minimum atomic E-state index is -0.314. The highest BCUT2D eigenvalue weighted by molar-refractivity contribution is 5.94. The van der Waals surface area contributed by atoms with E-state index in [-0.39, 0.29) is 24.9 Å². The first-order valence-electron chi connectivity index (χ1n) is 9.46. The Kier molecular flexibility index (Phi) is 5.10. The van der Waals surface area contributed by atoms with Gasteiger partial charge < -0.3 is 14.7 Å². The number of rotatable bonds is 6. The number of carbonyl (C=O) groups is 2. The minimum absolute atomic E-state index is 0.0255. The number of aryl methyl sites for hydroxylation is 2. The molecule has 3 aromatic rings. The van der Waals surface area contributed by atoms with Gasteiger partial charge >= 0.3 is 0 Å². The van der Waals surface area contributed by atoms with Gasteiger partial charge in [-0.3, -0.25) is 19.4 Å². The van der Waals surface area contributed by atoms with Gasteiger partial charge in [0, 0.05) is 24.7 Å². The van der Waals surface area contributed by atoms with E-state index in [4.69, 9.17) is 4.52 Å². The van der Waals surface area contributed by atoms with E-state index >= 15 is 0 Å². The number of amides is 2. The van der Waals surface area contributed by atoms with Gasteiger partial charge in [0.2, 0.25) is 11.8 Å². The number of aromatic amines is 1. The summed E-state index contributed by atoms with van der Waals surface area (Å²) >= 11 is 0. The van der Waals surface area contributed by atoms with E-state index in [2.05, 4.69) is 30.8 Å². The number of hydrogen-bond donors (Lipinski definition) is 2. The van der Waals surface area contributed by atoms with Crippen LogP contribution in [0.3, 0.4) is 0 Å². The normalized spacial score (nSPS) is 13.4. The van der Waals surface area contributed by atoms with Crippen LogP contribution in [0.4, 0.5) is 0 Å². The number of carbonyl (C=O) groups excluding carboxylic acids is 2. The van der Waals surface area contributed by atoms with Crippen molar-refractivity contribution < 1.29 is 14.1 Å². The Hall–Kier alpha value is -3.50. The van der Waals surface area contributed by atoms with Gasteiger partial charge in [0.1, 0.15) is 6.54 Å². The van der Waals surface area contributed by atoms with Crippen LogP contribution in [0.2, 0.25) is 0 Å². The number of aromatic nitrogens is 6. The van der Waals surface area contributed by atoms with Crippen molar-refractivity contribution in [3.63, 3.8) is 0 Å². The van der Waals surface area contributed by atoms with Crippen molar-refractivity contribution in [1.29, 1.82) is 0 Å². The van der Waals surface area contributed by atoms with Gasteiger partial charge in [-0.2, -0.15) is 15.2 Å². The van der Waals surface area contributed by atoms with E-state index in [1.807, 2.05) is 20.0 Å². The van der Waals surface area contributed by atoms with E-state index in [1.54, 1.807) is 15.8 Å². The molecule has 4 heterocycles. The van der Waals surface area contributed by atoms with Gasteiger partial charge in [-0.1, -0.05) is 12.1 Å². The van der Waals surface area contributed by atoms with Gasteiger partial charge in [-0.25, -0.2) is 0 Å². The second-order valence-corrected chi connectivity index (χ2v) is 6.95. The van der Waals surface area contributed by atoms with Crippen LogP contribution >= 0.6 is 0 Å². The average molecular weight is 398 g/mol. The first-order valence-corrected chi connectivity index (χ1v) is 9.46. The molecule has 1 aliphatic rings. The molecule has 0 saturated heterocycles. The van der Waals surface area contributed by atoms with Crippen molar-refractivity contribution in [2.45, 2.75) is 46.3 Å². The summed E-state index contributed by atoms with van der Waals surface area (Å²) in [4.78, 5) is 31.0. The highest BCUT2D eigenvalue weighted by Crippen LogP contribution is 2.20. The van der Waals surface area contributed by atoms with Crippen LogP contribution in [0.1, 0.15) is 45.9 Å². The molecule has 1 aliphatic heterocycles. The second kappa shape index (κ2) is 7.86. The number of fused-ring (bicyclic) bond motifs is 1. The highest BCUT2D eigenvalue weighted by Gasteiger charge is 2.27. The van der Waals surface area contributed by atoms with Gasteiger partial charge in [0.15, 0.2) is 11.5 Å². The average Bonchev–Trinajstić information content (AvgIpc) is 3.45. The second-order valence-electron chi connectivity index (χ2n) is 6.95. The predicted octanol–water partition coefficient (Wildman–Crippen LogP) is 0.375. The van der Waals surface area contributed by atoms with Crippen LogP contribution in [0.15, 0.2) is 16.9 Å². The maximum atomic E-state index is 12.5. The van der Waals surface area contributed by atoms with E-state index in [0.29, 0.717) is 43.3 Å². The topological polar surface area (TPSA) is 135 Å². The summed E-state index contributed by atoms with van der Waals surface area (Å²) in [5.41, 5.74) is 2.96. The summed E-state index contributed by atoms with van der Waals surface area (Å²) in [6.07, 6.45) is 4.77. The summed E-state index contributed by atoms with van der Waals surface area (Å²) in [6.45, 7) is 5.09. The van der Waals surface area contributed by atoms with Gasteiger partial charge in [-0.05, 0) is 18.9 Å². The Morgan fingerprint density at radius 3 is 2.97 bits per heavy atom. The minimum Gasteiger partial charge on any atom is -0.342 e. The lowest BCUT2D eigenvalue weighted by atomic mass is 10.0. The third-order valence-corrected chi connectivity index (χ3v) is 4.79. The van der Waals surface area contributed by atoms with Gasteiger partial charge in [0.25, 0.3) is 5.91 Å². The smallest absolute Gasteiger partial charge is 0.272 e. The highest BCUT2D eigenvalue weighted by atomic mass is 16.5. The van der Waals surface area contributed by atoms with Crippen molar-refractivity contribution in [2.75, 3.05) is 6.54 Å². The molecule has 11 heteroatoms. The molecule has 0 saturated carbocycles. The fraction of sp³-hybridized carbons (Fsp3) is 0.444. The third-order valence-electron chi connectivity index (χ3n) is 4.79. The largest absolute Gasteiger partial charge is 0.342 e. The summed E-state index contributed by atoms with van der Waals surface area (Å²) in [7, 11) is 0. The van der Waals surface area contributed by atoms with Crippen LogP contribution in [-0.2, 0) is 37.3 Å². The molecule has 4 rings (SSSR count). The zero-order chi connectivity index (χ0) is 20.4. The molecular formula is C18H22N8O3. The lowest BCUT2D eigenvalue weighted by molar-refractivity contribution is -0.133. The van der Waals surface area contributed by atoms with E-state index in [0.717, 1.165) is 16.8 Å². The molecular weight excluding hydrogens is 376 g/mol. The standard InChI is InChI=1S/C18H22N8O3/c1-3-14-21-15(29-24-14)7-19-18(28)17-12-4-5-25(9-13(12)22-23-17)16(27)10-26-8-11(2)6-20-26/h6,8H,3-5,7,9-10H2,1-2H3,(H,19,28)(H,22,23). The molecule has 0 aliphatic carbocycles. The van der Waals surface area contributed by atoms with Crippen LogP contribution in [-0.4, -0.2) is 53.4 Å². The lowest BCUT2D eigenvalue weighted by Gasteiger charge is -2.26. The number of nitrogens with zero attached hydrogens (tertiary/aromatic N) is 6. The lowest BCUT2D eigenvalue weighted by Crippen LogP contribution is -2.38. The van der Waals surface area contributed by atoms with Crippen molar-refractivity contribution in [2.24, 2.45) is 0 Å². The zero-order valence-electron chi connectivity index (χ0n) is 16.3. The Morgan fingerprint density at radius 2 is 2.24 bits per heavy atom. The summed E-state index contributed by atoms with van der Waals surface area (Å²) in [5.74, 6) is 0.611.